The Morgan fingerprint density at radius 3 is 2.59 bits per heavy atom. The zero-order valence-corrected chi connectivity index (χ0v) is 11.3. The van der Waals surface area contributed by atoms with Crippen LogP contribution in [0.2, 0.25) is 0 Å². The lowest BCUT2D eigenvalue weighted by Gasteiger charge is -2.33. The molecule has 1 aliphatic heterocycles. The first-order valence-corrected chi connectivity index (χ1v) is 6.30. The molecule has 2 heteroatoms. The summed E-state index contributed by atoms with van der Waals surface area (Å²) in [6.45, 7) is 7.30. The standard InChI is InChI=1S/C15H22FN/c1-15(2,3)13-6-5-11-8-14(9-16)17(4)10-12(11)7-13/h5-7,14H,8-10H2,1-4H3. The molecule has 1 aromatic rings. The first-order chi connectivity index (χ1) is 7.91. The van der Waals surface area contributed by atoms with Gasteiger partial charge in [0.25, 0.3) is 0 Å². The van der Waals surface area contributed by atoms with Gasteiger partial charge in [0.2, 0.25) is 0 Å². The fraction of sp³-hybridized carbons (Fsp3) is 0.600. The summed E-state index contributed by atoms with van der Waals surface area (Å²) in [6.07, 6.45) is 0.840. The van der Waals surface area contributed by atoms with Gasteiger partial charge in [0.15, 0.2) is 0 Å². The second kappa shape index (κ2) is 4.41. The van der Waals surface area contributed by atoms with E-state index in [1.54, 1.807) is 0 Å². The summed E-state index contributed by atoms with van der Waals surface area (Å²) in [7, 11) is 2.01. The van der Waals surface area contributed by atoms with Gasteiger partial charge in [-0.3, -0.25) is 4.90 Å². The second-order valence-electron chi connectivity index (χ2n) is 6.16. The lowest BCUT2D eigenvalue weighted by Crippen LogP contribution is -2.39. The normalized spacial score (nSPS) is 21.4. The fourth-order valence-electron chi connectivity index (χ4n) is 2.42. The fourth-order valence-corrected chi connectivity index (χ4v) is 2.42. The lowest BCUT2D eigenvalue weighted by atomic mass is 9.83. The number of hydrogen-bond donors (Lipinski definition) is 0. The number of likely N-dealkylation sites (N-methyl/N-ethyl adjacent to an activating group) is 1. The zero-order chi connectivity index (χ0) is 12.6. The van der Waals surface area contributed by atoms with Gasteiger partial charge in [-0.15, -0.1) is 0 Å². The predicted molar refractivity (Wildman–Crippen MR) is 70.1 cm³/mol. The van der Waals surface area contributed by atoms with Crippen molar-refractivity contribution in [2.75, 3.05) is 13.7 Å². The minimum atomic E-state index is -0.253. The van der Waals surface area contributed by atoms with Crippen molar-refractivity contribution >= 4 is 0 Å². The van der Waals surface area contributed by atoms with E-state index in [1.807, 2.05) is 7.05 Å². The Hall–Kier alpha value is -0.890. The SMILES string of the molecule is CN1Cc2cc(C(C)(C)C)ccc2CC1CF. The maximum absolute atomic E-state index is 12.9. The average Bonchev–Trinajstić information content (AvgIpc) is 2.26. The number of hydrogen-bond acceptors (Lipinski definition) is 1. The van der Waals surface area contributed by atoms with Crippen LogP contribution in [0.1, 0.15) is 37.5 Å². The third kappa shape index (κ3) is 2.52. The van der Waals surface area contributed by atoms with Gasteiger partial charge in [-0.1, -0.05) is 39.0 Å². The molecule has 1 aromatic carbocycles. The van der Waals surface area contributed by atoms with Crippen LogP contribution in [-0.4, -0.2) is 24.7 Å². The number of halogens is 1. The van der Waals surface area contributed by atoms with Crippen molar-refractivity contribution in [3.63, 3.8) is 0 Å². The molecule has 0 aliphatic carbocycles. The Labute approximate surface area is 104 Å². The van der Waals surface area contributed by atoms with Gasteiger partial charge >= 0.3 is 0 Å². The van der Waals surface area contributed by atoms with Gasteiger partial charge in [-0.2, -0.15) is 0 Å². The molecule has 0 saturated heterocycles. The number of rotatable bonds is 1. The molecule has 0 spiro atoms. The molecule has 2 rings (SSSR count). The van der Waals surface area contributed by atoms with Gasteiger partial charge in [0, 0.05) is 12.6 Å². The van der Waals surface area contributed by atoms with Crippen molar-refractivity contribution in [3.05, 3.63) is 34.9 Å². The smallest absolute Gasteiger partial charge is 0.105 e. The molecule has 0 fully saturated rings. The van der Waals surface area contributed by atoms with E-state index in [4.69, 9.17) is 0 Å². The summed E-state index contributed by atoms with van der Waals surface area (Å²) in [5.41, 5.74) is 4.23. The molecule has 0 N–H and O–H groups in total. The number of nitrogens with zero attached hydrogens (tertiary/aromatic N) is 1. The summed E-state index contributed by atoms with van der Waals surface area (Å²) in [6, 6.07) is 6.73. The molecule has 0 bridgehead atoms. The van der Waals surface area contributed by atoms with Gasteiger partial charge < -0.3 is 0 Å². The second-order valence-corrected chi connectivity index (χ2v) is 6.16. The van der Waals surface area contributed by atoms with Crippen LogP contribution in [0.25, 0.3) is 0 Å². The van der Waals surface area contributed by atoms with Crippen LogP contribution in [-0.2, 0) is 18.4 Å². The van der Waals surface area contributed by atoms with Crippen molar-refractivity contribution in [1.82, 2.24) is 4.90 Å². The number of alkyl halides is 1. The Morgan fingerprint density at radius 2 is 2.00 bits per heavy atom. The quantitative estimate of drug-likeness (QED) is 0.722. The van der Waals surface area contributed by atoms with Crippen molar-refractivity contribution in [1.29, 1.82) is 0 Å². The first kappa shape index (κ1) is 12.6. The number of fused-ring (bicyclic) bond motifs is 1. The summed E-state index contributed by atoms with van der Waals surface area (Å²) >= 11 is 0. The molecule has 0 amide bonds. The van der Waals surface area contributed by atoms with Crippen LogP contribution in [0.5, 0.6) is 0 Å². The molecule has 94 valence electrons. The van der Waals surface area contributed by atoms with E-state index in [2.05, 4.69) is 43.9 Å². The van der Waals surface area contributed by atoms with Gasteiger partial charge in [-0.05, 0) is 35.6 Å². The Balaban J connectivity index is 2.33. The van der Waals surface area contributed by atoms with Crippen molar-refractivity contribution < 1.29 is 4.39 Å². The molecule has 1 heterocycles. The van der Waals surface area contributed by atoms with E-state index in [1.165, 1.54) is 16.7 Å². The van der Waals surface area contributed by atoms with Gasteiger partial charge in [-0.25, -0.2) is 4.39 Å². The Kier molecular flexibility index (Phi) is 3.26. The molecular formula is C15H22FN. The summed E-state index contributed by atoms with van der Waals surface area (Å²) in [4.78, 5) is 2.12. The maximum atomic E-state index is 12.9. The third-order valence-corrected chi connectivity index (χ3v) is 3.75. The highest BCUT2D eigenvalue weighted by Crippen LogP contribution is 2.28. The topological polar surface area (TPSA) is 3.24 Å². The Bertz CT molecular complexity index is 406. The average molecular weight is 235 g/mol. The molecule has 1 aliphatic rings. The van der Waals surface area contributed by atoms with E-state index in [-0.39, 0.29) is 18.1 Å². The van der Waals surface area contributed by atoms with Crippen molar-refractivity contribution in [2.45, 2.75) is 45.2 Å². The third-order valence-electron chi connectivity index (χ3n) is 3.75. The van der Waals surface area contributed by atoms with Crippen molar-refractivity contribution in [2.24, 2.45) is 0 Å². The van der Waals surface area contributed by atoms with E-state index >= 15 is 0 Å². The minimum absolute atomic E-state index is 0.0583. The Morgan fingerprint density at radius 1 is 1.29 bits per heavy atom. The molecular weight excluding hydrogens is 213 g/mol. The van der Waals surface area contributed by atoms with E-state index in [0.29, 0.717) is 0 Å². The molecule has 17 heavy (non-hydrogen) atoms. The molecule has 1 nitrogen and oxygen atoms in total. The highest BCUT2D eigenvalue weighted by Gasteiger charge is 2.24. The molecule has 0 aromatic heterocycles. The summed E-state index contributed by atoms with van der Waals surface area (Å²) in [5, 5.41) is 0. The van der Waals surface area contributed by atoms with Crippen LogP contribution >= 0.6 is 0 Å². The lowest BCUT2D eigenvalue weighted by molar-refractivity contribution is 0.179. The highest BCUT2D eigenvalue weighted by molar-refractivity contribution is 5.37. The van der Waals surface area contributed by atoms with E-state index in [0.717, 1.165) is 13.0 Å². The highest BCUT2D eigenvalue weighted by atomic mass is 19.1. The van der Waals surface area contributed by atoms with Crippen LogP contribution in [0.3, 0.4) is 0 Å². The monoisotopic (exact) mass is 235 g/mol. The van der Waals surface area contributed by atoms with Crippen LogP contribution in [0, 0.1) is 0 Å². The summed E-state index contributed by atoms with van der Waals surface area (Å²) in [5.74, 6) is 0. The van der Waals surface area contributed by atoms with E-state index < -0.39 is 0 Å². The van der Waals surface area contributed by atoms with Gasteiger partial charge in [0.1, 0.15) is 6.67 Å². The van der Waals surface area contributed by atoms with Crippen LogP contribution in [0.4, 0.5) is 4.39 Å². The van der Waals surface area contributed by atoms with Crippen LogP contribution < -0.4 is 0 Å². The van der Waals surface area contributed by atoms with Crippen LogP contribution in [0.15, 0.2) is 18.2 Å². The molecule has 1 atom stereocenters. The summed E-state index contributed by atoms with van der Waals surface area (Å²) < 4.78 is 12.9. The molecule has 0 radical (unpaired) electrons. The molecule has 0 saturated carbocycles. The zero-order valence-electron chi connectivity index (χ0n) is 11.3. The minimum Gasteiger partial charge on any atom is -0.296 e. The molecule has 1 unspecified atom stereocenters. The van der Waals surface area contributed by atoms with Gasteiger partial charge in [0.05, 0.1) is 0 Å². The maximum Gasteiger partial charge on any atom is 0.105 e. The first-order valence-electron chi connectivity index (χ1n) is 6.30. The van der Waals surface area contributed by atoms with Crippen molar-refractivity contribution in [3.8, 4) is 0 Å². The predicted octanol–water partition coefficient (Wildman–Crippen LogP) is 3.31. The number of benzene rings is 1. The van der Waals surface area contributed by atoms with E-state index in [9.17, 15) is 4.39 Å². The largest absolute Gasteiger partial charge is 0.296 e.